The molecule has 0 amide bonds. The maximum Gasteiger partial charge on any atom is 0.472 e. The van der Waals surface area contributed by atoms with Crippen molar-refractivity contribution in [2.24, 2.45) is 5.73 Å². The van der Waals surface area contributed by atoms with Crippen LogP contribution in [0.1, 0.15) is 296 Å². The lowest BCUT2D eigenvalue weighted by Gasteiger charge is -2.19. The molecule has 0 aliphatic rings. The fourth-order valence-electron chi connectivity index (χ4n) is 9.12. The molecule has 0 spiro atoms. The number of ether oxygens (including phenoxy) is 2. The Balaban J connectivity index is 3.79. The number of hydrogen-bond donors (Lipinski definition) is 2. The normalized spacial score (nSPS) is 13.6. The lowest BCUT2D eigenvalue weighted by Crippen LogP contribution is -2.29. The highest BCUT2D eigenvalue weighted by Crippen LogP contribution is 2.43. The number of phosphoric ester groups is 1. The van der Waals surface area contributed by atoms with Crippen LogP contribution in [0.15, 0.2) is 85.1 Å². The molecule has 77 heavy (non-hydrogen) atoms. The van der Waals surface area contributed by atoms with Crippen LogP contribution in [0, 0.1) is 0 Å². The van der Waals surface area contributed by atoms with E-state index in [1.165, 1.54) is 173 Å². The predicted molar refractivity (Wildman–Crippen MR) is 330 cm³/mol. The second-order valence-electron chi connectivity index (χ2n) is 21.2. The molecule has 0 aliphatic carbocycles. The van der Waals surface area contributed by atoms with E-state index in [1.807, 2.05) is 0 Å². The van der Waals surface area contributed by atoms with Gasteiger partial charge in [0.25, 0.3) is 0 Å². The van der Waals surface area contributed by atoms with Gasteiger partial charge in [-0.1, -0.05) is 285 Å². The fourth-order valence-corrected chi connectivity index (χ4v) is 9.88. The van der Waals surface area contributed by atoms with Gasteiger partial charge in [-0.05, 0) is 83.5 Å². The predicted octanol–water partition coefficient (Wildman–Crippen LogP) is 20.6. The molecule has 0 aromatic heterocycles. The topological polar surface area (TPSA) is 134 Å². The second kappa shape index (κ2) is 62.4. The summed E-state index contributed by atoms with van der Waals surface area (Å²) in [5, 5.41) is 0. The molecule has 3 N–H and O–H groups in total. The molecule has 10 heteroatoms. The molecule has 2 atom stereocenters. The van der Waals surface area contributed by atoms with Crippen LogP contribution >= 0.6 is 7.82 Å². The van der Waals surface area contributed by atoms with Gasteiger partial charge in [0.2, 0.25) is 0 Å². The molecular weight excluding hydrogens is 978 g/mol. The largest absolute Gasteiger partial charge is 0.472 e. The Hall–Kier alpha value is -2.81. The summed E-state index contributed by atoms with van der Waals surface area (Å²) in [6.45, 7) is 3.54. The average Bonchev–Trinajstić information content (AvgIpc) is 3.42. The molecule has 0 heterocycles. The van der Waals surface area contributed by atoms with Crippen LogP contribution in [-0.2, 0) is 32.7 Å². The third-order valence-electron chi connectivity index (χ3n) is 13.8. The zero-order chi connectivity index (χ0) is 55.9. The number of carbonyl (C=O) groups is 2. The van der Waals surface area contributed by atoms with Crippen molar-refractivity contribution in [1.82, 2.24) is 0 Å². The van der Waals surface area contributed by atoms with Gasteiger partial charge < -0.3 is 20.1 Å². The van der Waals surface area contributed by atoms with E-state index in [0.717, 1.165) is 89.9 Å². The molecule has 0 aliphatic heterocycles. The maximum atomic E-state index is 12.7. The average molecular weight is 1100 g/mol. The first-order valence-corrected chi connectivity index (χ1v) is 33.6. The van der Waals surface area contributed by atoms with Crippen LogP contribution in [0.4, 0.5) is 0 Å². The smallest absolute Gasteiger partial charge is 0.462 e. The molecule has 0 saturated carbocycles. The van der Waals surface area contributed by atoms with Gasteiger partial charge in [-0.25, -0.2) is 4.57 Å². The first-order valence-electron chi connectivity index (χ1n) is 32.1. The number of hydrogen-bond acceptors (Lipinski definition) is 8. The lowest BCUT2D eigenvalue weighted by atomic mass is 10.0. The van der Waals surface area contributed by atoms with E-state index >= 15 is 0 Å². The monoisotopic (exact) mass is 1100 g/mol. The highest BCUT2D eigenvalue weighted by Gasteiger charge is 2.26. The Morgan fingerprint density at radius 3 is 1.00 bits per heavy atom. The van der Waals surface area contributed by atoms with Gasteiger partial charge in [0.15, 0.2) is 6.10 Å². The van der Waals surface area contributed by atoms with Gasteiger partial charge in [0.05, 0.1) is 13.2 Å². The summed E-state index contributed by atoms with van der Waals surface area (Å²) in [6, 6.07) is 0. The van der Waals surface area contributed by atoms with Gasteiger partial charge in [0, 0.05) is 19.4 Å². The third-order valence-corrected chi connectivity index (χ3v) is 14.8. The summed E-state index contributed by atoms with van der Waals surface area (Å²) in [6.07, 6.45) is 82.5. The fraction of sp³-hybridized carbons (Fsp3) is 0.761. The molecule has 9 nitrogen and oxygen atoms in total. The Kier molecular flexibility index (Phi) is 60.1. The number of carbonyl (C=O) groups excluding carboxylic acids is 2. The van der Waals surface area contributed by atoms with Crippen LogP contribution in [0.2, 0.25) is 0 Å². The summed E-state index contributed by atoms with van der Waals surface area (Å²) in [4.78, 5) is 35.2. The van der Waals surface area contributed by atoms with Crippen molar-refractivity contribution in [2.45, 2.75) is 302 Å². The van der Waals surface area contributed by atoms with Crippen molar-refractivity contribution >= 4 is 19.8 Å². The van der Waals surface area contributed by atoms with E-state index in [-0.39, 0.29) is 38.6 Å². The first kappa shape index (κ1) is 74.2. The summed E-state index contributed by atoms with van der Waals surface area (Å²) in [7, 11) is -4.39. The summed E-state index contributed by atoms with van der Waals surface area (Å²) < 4.78 is 33.1. The minimum atomic E-state index is -4.39. The molecule has 0 fully saturated rings. The third kappa shape index (κ3) is 62.3. The minimum absolute atomic E-state index is 0.0508. The van der Waals surface area contributed by atoms with Crippen molar-refractivity contribution in [2.75, 3.05) is 26.4 Å². The summed E-state index contributed by atoms with van der Waals surface area (Å²) in [5.74, 6) is -0.830. The molecule has 0 radical (unpaired) electrons. The Labute approximate surface area is 474 Å². The zero-order valence-electron chi connectivity index (χ0n) is 49.9. The van der Waals surface area contributed by atoms with Crippen LogP contribution in [-0.4, -0.2) is 49.3 Å². The quantitative estimate of drug-likeness (QED) is 0.0264. The molecule has 446 valence electrons. The number of rotatable bonds is 60. The van der Waals surface area contributed by atoms with Crippen molar-refractivity contribution < 1.29 is 37.6 Å². The van der Waals surface area contributed by atoms with Crippen molar-refractivity contribution in [3.8, 4) is 0 Å². The molecule has 0 aromatic carbocycles. The van der Waals surface area contributed by atoms with Crippen molar-refractivity contribution in [3.05, 3.63) is 85.1 Å². The number of nitrogens with two attached hydrogens (primary N) is 1. The molecule has 0 bridgehead atoms. The molecule has 0 rings (SSSR count). The molecular formula is C67H120NO8P. The SMILES string of the molecule is CC/C=C\C/C=C\C/C=C\C/C=C\CCCCCCCCCCCCCCCCCCCCCCCCCCCCC(=O)OC(COC(=O)CCCCCCCCC/C=C\C/C=C\C/C=C\CC)COP(=O)(O)OCCN. The number of esters is 2. The van der Waals surface area contributed by atoms with Crippen molar-refractivity contribution in [1.29, 1.82) is 0 Å². The lowest BCUT2D eigenvalue weighted by molar-refractivity contribution is -0.161. The van der Waals surface area contributed by atoms with E-state index in [4.69, 9.17) is 24.3 Å². The number of phosphoric acid groups is 1. The Morgan fingerprint density at radius 2 is 0.675 bits per heavy atom. The van der Waals surface area contributed by atoms with Crippen molar-refractivity contribution in [3.63, 3.8) is 0 Å². The molecule has 2 unspecified atom stereocenters. The van der Waals surface area contributed by atoms with Crippen LogP contribution < -0.4 is 5.73 Å². The van der Waals surface area contributed by atoms with E-state index in [0.29, 0.717) is 6.42 Å². The van der Waals surface area contributed by atoms with Gasteiger partial charge >= 0.3 is 19.8 Å². The summed E-state index contributed by atoms with van der Waals surface area (Å²) in [5.41, 5.74) is 5.39. The van der Waals surface area contributed by atoms with Gasteiger partial charge in [-0.3, -0.25) is 18.6 Å². The first-order chi connectivity index (χ1) is 37.8. The standard InChI is InChI=1S/C67H120NO8P/c1-3-5-7-9-11-13-15-17-19-21-22-23-24-25-26-27-28-29-30-31-32-33-34-35-36-37-38-39-40-41-42-44-46-48-50-52-54-56-58-60-67(70)76-65(64-75-77(71,72)74-62-61-68)63-73-66(69)59-57-55-53-51-49-47-45-43-20-18-16-14-12-10-8-6-4-2/h5-8,11-14,17-20,22-23,65H,3-4,9-10,15-16,21,24-64,68H2,1-2H3,(H,71,72)/b7-5-,8-6-,13-11-,14-12-,19-17-,20-18-,23-22-. The zero-order valence-corrected chi connectivity index (χ0v) is 50.8. The number of unbranched alkanes of at least 4 members (excludes halogenated alkanes) is 33. The van der Waals surface area contributed by atoms with E-state index < -0.39 is 26.5 Å². The second-order valence-corrected chi connectivity index (χ2v) is 22.7. The van der Waals surface area contributed by atoms with E-state index in [9.17, 15) is 19.0 Å². The van der Waals surface area contributed by atoms with E-state index in [2.05, 4.69) is 98.9 Å². The van der Waals surface area contributed by atoms with Gasteiger partial charge in [-0.15, -0.1) is 0 Å². The Morgan fingerprint density at radius 1 is 0.390 bits per heavy atom. The summed E-state index contributed by atoms with van der Waals surface area (Å²) >= 11 is 0. The van der Waals surface area contributed by atoms with Crippen LogP contribution in [0.25, 0.3) is 0 Å². The van der Waals surface area contributed by atoms with Crippen LogP contribution in [0.5, 0.6) is 0 Å². The van der Waals surface area contributed by atoms with E-state index in [1.54, 1.807) is 0 Å². The maximum absolute atomic E-state index is 12.7. The minimum Gasteiger partial charge on any atom is -0.462 e. The highest BCUT2D eigenvalue weighted by atomic mass is 31.2. The highest BCUT2D eigenvalue weighted by molar-refractivity contribution is 7.47. The van der Waals surface area contributed by atoms with Crippen LogP contribution in [0.3, 0.4) is 0 Å². The molecule has 0 saturated heterocycles. The number of allylic oxidation sites excluding steroid dienone is 14. The Bertz CT molecular complexity index is 1530. The molecule has 0 aromatic rings. The van der Waals surface area contributed by atoms with Gasteiger partial charge in [0.1, 0.15) is 6.61 Å². The van der Waals surface area contributed by atoms with Gasteiger partial charge in [-0.2, -0.15) is 0 Å².